The summed E-state index contributed by atoms with van der Waals surface area (Å²) in [4.78, 5) is 24.0. The molecule has 2 aliphatic rings. The second-order valence-electron chi connectivity index (χ2n) is 6.91. The number of hydrogen-bond acceptors (Lipinski definition) is 3. The van der Waals surface area contributed by atoms with Crippen LogP contribution in [0.4, 0.5) is 0 Å². The van der Waals surface area contributed by atoms with Gasteiger partial charge in [0, 0.05) is 12.0 Å². The number of carbonyl (C=O) groups excluding carboxylic acids is 2. The number of carbonyl (C=O) groups is 2. The third-order valence-corrected chi connectivity index (χ3v) is 5.32. The monoisotopic (exact) mass is 302 g/mol. The predicted molar refractivity (Wildman–Crippen MR) is 87.3 cm³/mol. The van der Waals surface area contributed by atoms with E-state index in [1.54, 1.807) is 6.08 Å². The lowest BCUT2D eigenvalue weighted by molar-refractivity contribution is -0.149. The standard InChI is InChI=1S/C19H26O3/c1-6-7-18(21)22-17-9-8-14-10-16(20)15(12(2)3)11-19(14,5)13(17)4/h6-7,10,13,17H,8-9,11H2,1-5H3/b7-6-/t13-,17+,19+/m0/s1. The molecule has 0 amide bonds. The zero-order valence-electron chi connectivity index (χ0n) is 14.2. The third-order valence-electron chi connectivity index (χ3n) is 5.32. The average Bonchev–Trinajstić information content (AvgIpc) is 2.44. The molecule has 0 aliphatic heterocycles. The molecule has 0 aromatic carbocycles. The van der Waals surface area contributed by atoms with Gasteiger partial charge in [0.1, 0.15) is 6.10 Å². The summed E-state index contributed by atoms with van der Waals surface area (Å²) in [6, 6.07) is 0. The Kier molecular flexibility index (Phi) is 4.74. The fraction of sp³-hybridized carbons (Fsp3) is 0.579. The van der Waals surface area contributed by atoms with Crippen LogP contribution in [-0.4, -0.2) is 17.9 Å². The van der Waals surface area contributed by atoms with Crippen LogP contribution in [0.1, 0.15) is 53.9 Å². The molecule has 0 N–H and O–H groups in total. The van der Waals surface area contributed by atoms with Gasteiger partial charge >= 0.3 is 5.97 Å². The number of esters is 1. The van der Waals surface area contributed by atoms with Gasteiger partial charge in [-0.15, -0.1) is 0 Å². The molecule has 0 bridgehead atoms. The van der Waals surface area contributed by atoms with Crippen molar-refractivity contribution in [1.82, 2.24) is 0 Å². The molecule has 1 fully saturated rings. The van der Waals surface area contributed by atoms with Crippen molar-refractivity contribution >= 4 is 11.8 Å². The fourth-order valence-corrected chi connectivity index (χ4v) is 3.66. The largest absolute Gasteiger partial charge is 0.459 e. The van der Waals surface area contributed by atoms with Gasteiger partial charge in [0.15, 0.2) is 5.78 Å². The minimum absolute atomic E-state index is 0.0857. The van der Waals surface area contributed by atoms with Gasteiger partial charge in [-0.05, 0) is 57.1 Å². The Bertz CT molecular complexity index is 575. The molecule has 0 spiro atoms. The maximum absolute atomic E-state index is 12.3. The Hall–Kier alpha value is -1.64. The van der Waals surface area contributed by atoms with E-state index in [1.165, 1.54) is 11.6 Å². The maximum atomic E-state index is 12.3. The first-order valence-corrected chi connectivity index (χ1v) is 8.04. The van der Waals surface area contributed by atoms with Gasteiger partial charge in [-0.1, -0.05) is 31.1 Å². The number of hydrogen-bond donors (Lipinski definition) is 0. The summed E-state index contributed by atoms with van der Waals surface area (Å²) >= 11 is 0. The van der Waals surface area contributed by atoms with Gasteiger partial charge in [0.05, 0.1) is 0 Å². The van der Waals surface area contributed by atoms with E-state index < -0.39 is 0 Å². The topological polar surface area (TPSA) is 43.4 Å². The van der Waals surface area contributed by atoms with Crippen molar-refractivity contribution in [2.75, 3.05) is 0 Å². The summed E-state index contributed by atoms with van der Waals surface area (Å²) < 4.78 is 5.63. The Labute approximate surface area is 133 Å². The van der Waals surface area contributed by atoms with Crippen LogP contribution in [0.3, 0.4) is 0 Å². The molecule has 0 aromatic heterocycles. The van der Waals surface area contributed by atoms with Gasteiger partial charge < -0.3 is 4.74 Å². The summed E-state index contributed by atoms with van der Waals surface area (Å²) in [5.41, 5.74) is 3.12. The zero-order chi connectivity index (χ0) is 16.5. The Morgan fingerprint density at radius 3 is 2.68 bits per heavy atom. The number of ketones is 1. The molecule has 3 heteroatoms. The lowest BCUT2D eigenvalue weighted by Gasteiger charge is -2.48. The van der Waals surface area contributed by atoms with Gasteiger partial charge in [-0.2, -0.15) is 0 Å². The molecule has 2 aliphatic carbocycles. The highest BCUT2D eigenvalue weighted by Crippen LogP contribution is 2.52. The van der Waals surface area contributed by atoms with Crippen molar-refractivity contribution in [1.29, 1.82) is 0 Å². The summed E-state index contributed by atoms with van der Waals surface area (Å²) in [5.74, 6) is 0.0814. The number of fused-ring (bicyclic) bond motifs is 1. The minimum Gasteiger partial charge on any atom is -0.459 e. The van der Waals surface area contributed by atoms with Crippen LogP contribution in [-0.2, 0) is 14.3 Å². The van der Waals surface area contributed by atoms with Gasteiger partial charge in [0.2, 0.25) is 0 Å². The van der Waals surface area contributed by atoms with Crippen LogP contribution in [0, 0.1) is 11.3 Å². The highest BCUT2D eigenvalue weighted by molar-refractivity contribution is 6.06. The maximum Gasteiger partial charge on any atom is 0.330 e. The normalized spacial score (nSPS) is 31.8. The van der Waals surface area contributed by atoms with E-state index >= 15 is 0 Å². The molecular formula is C19H26O3. The highest BCUT2D eigenvalue weighted by Gasteiger charge is 2.47. The summed E-state index contributed by atoms with van der Waals surface area (Å²) in [5, 5.41) is 0. The van der Waals surface area contributed by atoms with Gasteiger partial charge in [-0.25, -0.2) is 4.79 Å². The molecule has 22 heavy (non-hydrogen) atoms. The van der Waals surface area contributed by atoms with Crippen LogP contribution >= 0.6 is 0 Å². The van der Waals surface area contributed by atoms with Crippen LogP contribution in [0.5, 0.6) is 0 Å². The van der Waals surface area contributed by atoms with E-state index in [9.17, 15) is 9.59 Å². The van der Waals surface area contributed by atoms with E-state index in [-0.39, 0.29) is 29.2 Å². The Balaban J connectivity index is 2.29. The first-order chi connectivity index (χ1) is 10.3. The number of rotatable bonds is 2. The van der Waals surface area contributed by atoms with Crippen LogP contribution < -0.4 is 0 Å². The Morgan fingerprint density at radius 2 is 2.09 bits per heavy atom. The lowest BCUT2D eigenvalue weighted by Crippen LogP contribution is -2.44. The molecule has 0 unspecified atom stereocenters. The summed E-state index contributed by atoms with van der Waals surface area (Å²) in [7, 11) is 0. The SMILES string of the molecule is C/C=C\C(=O)O[C@@H]1CCC2=CC(=O)C(=C(C)C)C[C@]2(C)[C@H]1C. The van der Waals surface area contributed by atoms with Crippen LogP contribution in [0.2, 0.25) is 0 Å². The van der Waals surface area contributed by atoms with Crippen molar-refractivity contribution < 1.29 is 14.3 Å². The summed E-state index contributed by atoms with van der Waals surface area (Å²) in [6.07, 6.45) is 7.28. The molecule has 3 nitrogen and oxygen atoms in total. The molecule has 3 atom stereocenters. The second kappa shape index (κ2) is 6.23. The zero-order valence-corrected chi connectivity index (χ0v) is 14.2. The molecule has 0 saturated heterocycles. The van der Waals surface area contributed by atoms with E-state index in [1.807, 2.05) is 26.8 Å². The highest BCUT2D eigenvalue weighted by atomic mass is 16.5. The second-order valence-corrected chi connectivity index (χ2v) is 6.91. The lowest BCUT2D eigenvalue weighted by atomic mass is 9.58. The first kappa shape index (κ1) is 16.7. The molecule has 0 aromatic rings. The first-order valence-electron chi connectivity index (χ1n) is 8.04. The smallest absolute Gasteiger partial charge is 0.330 e. The van der Waals surface area contributed by atoms with E-state index in [2.05, 4.69) is 13.8 Å². The molecule has 0 heterocycles. The van der Waals surface area contributed by atoms with Crippen molar-refractivity contribution in [3.05, 3.63) is 34.9 Å². The number of allylic oxidation sites excluding steroid dienone is 5. The van der Waals surface area contributed by atoms with E-state index in [0.29, 0.717) is 0 Å². The fourth-order valence-electron chi connectivity index (χ4n) is 3.66. The Morgan fingerprint density at radius 1 is 1.41 bits per heavy atom. The van der Waals surface area contributed by atoms with Crippen LogP contribution in [0.25, 0.3) is 0 Å². The van der Waals surface area contributed by atoms with E-state index in [0.717, 1.165) is 30.4 Å². The van der Waals surface area contributed by atoms with Crippen molar-refractivity contribution in [3.8, 4) is 0 Å². The summed E-state index contributed by atoms with van der Waals surface area (Å²) in [6.45, 7) is 10.1. The molecule has 2 rings (SSSR count). The van der Waals surface area contributed by atoms with Crippen molar-refractivity contribution in [2.45, 2.75) is 60.0 Å². The minimum atomic E-state index is -0.273. The molecule has 120 valence electrons. The van der Waals surface area contributed by atoms with Crippen molar-refractivity contribution in [2.24, 2.45) is 11.3 Å². The van der Waals surface area contributed by atoms with Crippen LogP contribution in [0.15, 0.2) is 34.9 Å². The van der Waals surface area contributed by atoms with Gasteiger partial charge in [-0.3, -0.25) is 4.79 Å². The average molecular weight is 302 g/mol. The predicted octanol–water partition coefficient (Wildman–Crippen LogP) is 4.15. The quantitative estimate of drug-likeness (QED) is 0.568. The van der Waals surface area contributed by atoms with E-state index in [4.69, 9.17) is 4.74 Å². The van der Waals surface area contributed by atoms with Crippen molar-refractivity contribution in [3.63, 3.8) is 0 Å². The molecular weight excluding hydrogens is 276 g/mol. The third kappa shape index (κ3) is 2.94. The van der Waals surface area contributed by atoms with Gasteiger partial charge in [0.25, 0.3) is 0 Å². The number of ether oxygens (including phenoxy) is 1. The molecule has 0 radical (unpaired) electrons. The molecule has 1 saturated carbocycles.